The smallest absolute Gasteiger partial charge is 0.106 e. The van der Waals surface area contributed by atoms with Gasteiger partial charge in [-0.2, -0.15) is 0 Å². The summed E-state index contributed by atoms with van der Waals surface area (Å²) in [4.78, 5) is 4.97. The quantitative estimate of drug-likeness (QED) is 0.457. The predicted molar refractivity (Wildman–Crippen MR) is 103 cm³/mol. The van der Waals surface area contributed by atoms with Crippen molar-refractivity contribution in [1.82, 2.24) is 4.57 Å². The second-order valence-corrected chi connectivity index (χ2v) is 6.56. The van der Waals surface area contributed by atoms with Gasteiger partial charge in [0.15, 0.2) is 0 Å². The molecule has 0 radical (unpaired) electrons. The number of fused-ring (bicyclic) bond motifs is 1. The summed E-state index contributed by atoms with van der Waals surface area (Å²) in [7, 11) is 1.57. The molecule has 126 valence electrons. The van der Waals surface area contributed by atoms with Crippen LogP contribution in [0.2, 0.25) is 5.02 Å². The molecule has 0 unspecified atom stereocenters. The van der Waals surface area contributed by atoms with Crippen LogP contribution in [0.4, 0.5) is 0 Å². The molecule has 0 fully saturated rings. The van der Waals surface area contributed by atoms with Crippen LogP contribution >= 0.6 is 11.6 Å². The number of hydrogen-bond donors (Lipinski definition) is 0. The molecule has 0 N–H and O–H groups in total. The van der Waals surface area contributed by atoms with E-state index < -0.39 is 0 Å². The maximum Gasteiger partial charge on any atom is 0.106 e. The fourth-order valence-corrected chi connectivity index (χ4v) is 3.80. The maximum atomic E-state index is 6.10. The van der Waals surface area contributed by atoms with Crippen LogP contribution in [-0.2, 0) is 17.8 Å². The molecule has 0 amide bonds. The van der Waals surface area contributed by atoms with Crippen LogP contribution in [0, 0.1) is 0 Å². The molecule has 3 aromatic rings. The molecule has 1 aromatic heterocycles. The second-order valence-electron chi connectivity index (χ2n) is 6.13. The predicted octanol–water partition coefficient (Wildman–Crippen LogP) is 5.40. The summed E-state index contributed by atoms with van der Waals surface area (Å²) in [5, 5.41) is 4.80. The molecule has 0 atom stereocenters. The zero-order chi connectivity index (χ0) is 17.2. The van der Waals surface area contributed by atoms with Crippen molar-refractivity contribution in [3.63, 3.8) is 0 Å². The first kappa shape index (κ1) is 16.0. The molecular weight excluding hydrogens is 332 g/mol. The van der Waals surface area contributed by atoms with Crippen molar-refractivity contribution in [2.24, 2.45) is 5.16 Å². The Bertz CT molecular complexity index is 911. The van der Waals surface area contributed by atoms with Gasteiger partial charge >= 0.3 is 0 Å². The van der Waals surface area contributed by atoms with Crippen LogP contribution in [-0.4, -0.2) is 17.9 Å². The van der Waals surface area contributed by atoms with Crippen LogP contribution < -0.4 is 0 Å². The first-order valence-electron chi connectivity index (χ1n) is 8.43. The van der Waals surface area contributed by atoms with Crippen molar-refractivity contribution in [2.45, 2.75) is 19.4 Å². The molecular formula is C21H19ClN2O. The van der Waals surface area contributed by atoms with Crippen molar-refractivity contribution in [3.05, 3.63) is 71.0 Å². The third-order valence-corrected chi connectivity index (χ3v) is 4.93. The molecule has 0 bridgehead atoms. The van der Waals surface area contributed by atoms with E-state index >= 15 is 0 Å². The number of benzene rings is 2. The van der Waals surface area contributed by atoms with Crippen LogP contribution in [0.5, 0.6) is 0 Å². The molecule has 0 aliphatic carbocycles. The summed E-state index contributed by atoms with van der Waals surface area (Å²) in [6.07, 6.45) is 4.06. The zero-order valence-electron chi connectivity index (χ0n) is 14.1. The molecule has 0 saturated carbocycles. The Labute approximate surface area is 152 Å². The van der Waals surface area contributed by atoms with Crippen LogP contribution in [0.3, 0.4) is 0 Å². The van der Waals surface area contributed by atoms with Crippen LogP contribution in [0.25, 0.3) is 22.3 Å². The maximum absolute atomic E-state index is 6.10. The molecule has 3 nitrogen and oxygen atoms in total. The minimum Gasteiger partial charge on any atom is -0.399 e. The standard InChI is InChI=1S/C21H19ClN2O/c1-25-23-14-19-21(16-9-11-17(22)12-10-16)20(15-6-3-2-4-7-15)18-8-5-13-24(18)19/h2-4,6-7,9-12,14H,5,8,13H2,1H3/b23-14+. The summed E-state index contributed by atoms with van der Waals surface area (Å²) in [5.41, 5.74) is 7.32. The SMILES string of the molecule is CO/N=C/c1c(-c2ccc(Cl)cc2)c(-c2ccccc2)c2n1CCC2. The molecule has 2 aromatic carbocycles. The number of hydrogen-bond acceptors (Lipinski definition) is 2. The summed E-state index contributed by atoms with van der Waals surface area (Å²) >= 11 is 6.10. The minimum atomic E-state index is 0.740. The van der Waals surface area contributed by atoms with Crippen molar-refractivity contribution < 1.29 is 4.84 Å². The van der Waals surface area contributed by atoms with E-state index in [9.17, 15) is 0 Å². The summed E-state index contributed by atoms with van der Waals surface area (Å²) in [5.74, 6) is 0. The van der Waals surface area contributed by atoms with Gasteiger partial charge in [-0.3, -0.25) is 0 Å². The van der Waals surface area contributed by atoms with Gasteiger partial charge in [-0.15, -0.1) is 0 Å². The van der Waals surface area contributed by atoms with E-state index in [-0.39, 0.29) is 0 Å². The highest BCUT2D eigenvalue weighted by molar-refractivity contribution is 6.30. The van der Waals surface area contributed by atoms with E-state index in [0.29, 0.717) is 0 Å². The fraction of sp³-hybridized carbons (Fsp3) is 0.190. The van der Waals surface area contributed by atoms with E-state index in [1.165, 1.54) is 22.4 Å². The highest BCUT2D eigenvalue weighted by Crippen LogP contribution is 2.42. The number of aromatic nitrogens is 1. The van der Waals surface area contributed by atoms with Gasteiger partial charge in [-0.05, 0) is 36.1 Å². The van der Waals surface area contributed by atoms with Crippen molar-refractivity contribution >= 4 is 17.8 Å². The van der Waals surface area contributed by atoms with Gasteiger partial charge in [-0.1, -0.05) is 59.2 Å². The third-order valence-electron chi connectivity index (χ3n) is 4.68. The lowest BCUT2D eigenvalue weighted by atomic mass is 9.94. The second kappa shape index (κ2) is 6.77. The van der Waals surface area contributed by atoms with Crippen molar-refractivity contribution in [1.29, 1.82) is 0 Å². The first-order valence-corrected chi connectivity index (χ1v) is 8.80. The van der Waals surface area contributed by atoms with Gasteiger partial charge in [0.25, 0.3) is 0 Å². The highest BCUT2D eigenvalue weighted by Gasteiger charge is 2.26. The van der Waals surface area contributed by atoms with Crippen LogP contribution in [0.15, 0.2) is 59.8 Å². The lowest BCUT2D eigenvalue weighted by Gasteiger charge is -2.09. The Morgan fingerprint density at radius 1 is 1.00 bits per heavy atom. The number of rotatable bonds is 4. The molecule has 0 spiro atoms. The average molecular weight is 351 g/mol. The Morgan fingerprint density at radius 3 is 2.44 bits per heavy atom. The van der Waals surface area contributed by atoms with Crippen LogP contribution in [0.1, 0.15) is 17.8 Å². The van der Waals surface area contributed by atoms with Gasteiger partial charge in [0.2, 0.25) is 0 Å². The lowest BCUT2D eigenvalue weighted by molar-refractivity contribution is 0.215. The van der Waals surface area contributed by atoms with E-state index in [0.717, 1.165) is 35.7 Å². The van der Waals surface area contributed by atoms with Gasteiger partial charge in [0.05, 0.1) is 11.9 Å². The van der Waals surface area contributed by atoms with Gasteiger partial charge < -0.3 is 9.40 Å². The lowest BCUT2D eigenvalue weighted by Crippen LogP contribution is -1.99. The molecule has 4 heteroatoms. The topological polar surface area (TPSA) is 26.5 Å². The Hall–Kier alpha value is -2.52. The highest BCUT2D eigenvalue weighted by atomic mass is 35.5. The van der Waals surface area contributed by atoms with Gasteiger partial charge in [0, 0.05) is 28.4 Å². The van der Waals surface area contributed by atoms with E-state index in [2.05, 4.69) is 52.2 Å². The Kier molecular flexibility index (Phi) is 4.33. The molecule has 25 heavy (non-hydrogen) atoms. The van der Waals surface area contributed by atoms with E-state index in [4.69, 9.17) is 16.4 Å². The monoisotopic (exact) mass is 350 g/mol. The largest absolute Gasteiger partial charge is 0.399 e. The minimum absolute atomic E-state index is 0.740. The third kappa shape index (κ3) is 2.85. The Morgan fingerprint density at radius 2 is 1.72 bits per heavy atom. The summed E-state index contributed by atoms with van der Waals surface area (Å²) in [6, 6.07) is 18.6. The van der Waals surface area contributed by atoms with Crippen molar-refractivity contribution in [3.8, 4) is 22.3 Å². The fourth-order valence-electron chi connectivity index (χ4n) is 3.67. The molecule has 0 saturated heterocycles. The number of halogens is 1. The van der Waals surface area contributed by atoms with Gasteiger partial charge in [0.1, 0.15) is 7.11 Å². The molecule has 4 rings (SSSR count). The number of nitrogens with zero attached hydrogens (tertiary/aromatic N) is 2. The summed E-state index contributed by atoms with van der Waals surface area (Å²) in [6.45, 7) is 1.01. The normalized spacial score (nSPS) is 13.4. The number of oxime groups is 1. The molecule has 1 aliphatic rings. The summed E-state index contributed by atoms with van der Waals surface area (Å²) < 4.78 is 2.37. The Balaban J connectivity index is 2.02. The average Bonchev–Trinajstić information content (AvgIpc) is 3.22. The molecule has 1 aliphatic heterocycles. The van der Waals surface area contributed by atoms with Crippen molar-refractivity contribution in [2.75, 3.05) is 7.11 Å². The molecule has 2 heterocycles. The van der Waals surface area contributed by atoms with E-state index in [1.54, 1.807) is 7.11 Å². The zero-order valence-corrected chi connectivity index (χ0v) is 14.8. The van der Waals surface area contributed by atoms with E-state index in [1.807, 2.05) is 18.3 Å². The first-order chi connectivity index (χ1) is 12.3. The van der Waals surface area contributed by atoms with Gasteiger partial charge in [-0.25, -0.2) is 0 Å².